The molecule has 0 spiro atoms. The number of hydrogen-bond acceptors (Lipinski definition) is 9. The average molecular weight is 671 g/mol. The third-order valence-corrected chi connectivity index (χ3v) is 8.66. The molecule has 1 fully saturated rings. The predicted octanol–water partition coefficient (Wildman–Crippen LogP) is 4.90. The fraction of sp³-hybridized carbons (Fsp3) is 0.455. The maximum absolute atomic E-state index is 14.2. The number of benzene rings is 2. The first-order chi connectivity index (χ1) is 22.4. The summed E-state index contributed by atoms with van der Waals surface area (Å²) in [6.07, 6.45) is 6.75. The first-order valence-corrected chi connectivity index (χ1v) is 17.1. The standard InChI is InChI=1S/C33H42N4O9S/c1-5-6-7-8-12-27(36-20-30(34-21-36)35-31(38)26-11-9-10-13-29(26)47(41,42)43)32(39)37-19-25(18-28(37)33(40)44-4)46-24-16-14-23(15-17-24)45-22(2)3/h9-11,13-17,20-22,25,27-28H,5-8,12,18-19H2,1-4H3,(H,35,38)(H,41,42,43)/t25-,27+,28-/m0/s1. The highest BCUT2D eigenvalue weighted by molar-refractivity contribution is 7.86. The zero-order chi connectivity index (χ0) is 34.1. The van der Waals surface area contributed by atoms with Crippen molar-refractivity contribution in [2.75, 3.05) is 19.0 Å². The maximum atomic E-state index is 14.2. The van der Waals surface area contributed by atoms with E-state index < -0.39 is 45.1 Å². The Balaban J connectivity index is 1.54. The minimum absolute atomic E-state index is 0.0246. The number of hydrogen-bond donors (Lipinski definition) is 2. The summed E-state index contributed by atoms with van der Waals surface area (Å²) in [6, 6.07) is 10.8. The van der Waals surface area contributed by atoms with Crippen LogP contribution in [0, 0.1) is 0 Å². The summed E-state index contributed by atoms with van der Waals surface area (Å²) in [7, 11) is -3.37. The van der Waals surface area contributed by atoms with Crippen molar-refractivity contribution in [2.45, 2.75) is 88.5 Å². The normalized spacial score (nSPS) is 16.9. The fourth-order valence-electron chi connectivity index (χ4n) is 5.54. The Kier molecular flexibility index (Phi) is 12.0. The summed E-state index contributed by atoms with van der Waals surface area (Å²) in [4.78, 5) is 45.2. The van der Waals surface area contributed by atoms with Crippen LogP contribution in [-0.4, -0.2) is 77.1 Å². The summed E-state index contributed by atoms with van der Waals surface area (Å²) in [5.74, 6) is -0.327. The lowest BCUT2D eigenvalue weighted by Gasteiger charge is -2.28. The monoisotopic (exact) mass is 670 g/mol. The number of likely N-dealkylation sites (tertiary alicyclic amines) is 1. The van der Waals surface area contributed by atoms with Crippen LogP contribution in [0.5, 0.6) is 11.5 Å². The first-order valence-electron chi connectivity index (χ1n) is 15.6. The van der Waals surface area contributed by atoms with Crippen molar-refractivity contribution in [1.82, 2.24) is 14.5 Å². The number of esters is 1. The van der Waals surface area contributed by atoms with Gasteiger partial charge in [-0.1, -0.05) is 44.7 Å². The van der Waals surface area contributed by atoms with Crippen LogP contribution in [-0.2, 0) is 24.4 Å². The predicted molar refractivity (Wildman–Crippen MR) is 173 cm³/mol. The number of amides is 2. The molecule has 0 radical (unpaired) electrons. The van der Waals surface area contributed by atoms with Crippen LogP contribution < -0.4 is 14.8 Å². The van der Waals surface area contributed by atoms with Crippen molar-refractivity contribution in [3.8, 4) is 11.5 Å². The lowest BCUT2D eigenvalue weighted by molar-refractivity contribution is -0.152. The van der Waals surface area contributed by atoms with E-state index in [9.17, 15) is 27.4 Å². The Labute approximate surface area is 275 Å². The SMILES string of the molecule is CCCCCC[C@H](C(=O)N1C[C@@H](Oc2ccc(OC(C)C)cc2)C[C@H]1C(=O)OC)n1cnc(NC(=O)c2ccccc2S(=O)(=O)O)c1. The molecule has 1 aliphatic heterocycles. The van der Waals surface area contributed by atoms with Crippen LogP contribution in [0.3, 0.4) is 0 Å². The van der Waals surface area contributed by atoms with Crippen molar-refractivity contribution in [3.63, 3.8) is 0 Å². The van der Waals surface area contributed by atoms with Gasteiger partial charge in [0.05, 0.1) is 31.6 Å². The second-order valence-electron chi connectivity index (χ2n) is 11.6. The zero-order valence-corrected chi connectivity index (χ0v) is 27.8. The van der Waals surface area contributed by atoms with Gasteiger partial charge in [-0.3, -0.25) is 14.1 Å². The van der Waals surface area contributed by atoms with E-state index in [1.54, 1.807) is 28.8 Å². The number of ether oxygens (including phenoxy) is 3. The molecule has 1 saturated heterocycles. The Bertz CT molecular complexity index is 1640. The van der Waals surface area contributed by atoms with Crippen LogP contribution in [0.4, 0.5) is 5.82 Å². The van der Waals surface area contributed by atoms with Gasteiger partial charge >= 0.3 is 5.97 Å². The fourth-order valence-corrected chi connectivity index (χ4v) is 6.23. The van der Waals surface area contributed by atoms with Gasteiger partial charge in [-0.05, 0) is 56.7 Å². The molecule has 0 unspecified atom stereocenters. The second-order valence-corrected chi connectivity index (χ2v) is 13.0. The minimum Gasteiger partial charge on any atom is -0.491 e. The number of anilines is 1. The molecule has 254 valence electrons. The van der Waals surface area contributed by atoms with E-state index in [1.807, 2.05) is 13.8 Å². The molecule has 2 amide bonds. The number of nitrogens with one attached hydrogen (secondary N) is 1. The van der Waals surface area contributed by atoms with Gasteiger partial charge in [0.1, 0.15) is 34.6 Å². The third-order valence-electron chi connectivity index (χ3n) is 7.75. The number of methoxy groups -OCH3 is 1. The molecule has 2 heterocycles. The van der Waals surface area contributed by atoms with Gasteiger partial charge in [0.2, 0.25) is 5.91 Å². The van der Waals surface area contributed by atoms with Crippen LogP contribution >= 0.6 is 0 Å². The molecule has 13 nitrogen and oxygen atoms in total. The topological polar surface area (TPSA) is 166 Å². The van der Waals surface area contributed by atoms with Gasteiger partial charge in [-0.2, -0.15) is 8.42 Å². The van der Waals surface area contributed by atoms with Gasteiger partial charge in [-0.25, -0.2) is 9.78 Å². The molecule has 4 rings (SSSR count). The Hall–Kier alpha value is -4.43. The first kappa shape index (κ1) is 35.4. The highest BCUT2D eigenvalue weighted by atomic mass is 32.2. The molecule has 3 aromatic rings. The molecule has 47 heavy (non-hydrogen) atoms. The highest BCUT2D eigenvalue weighted by Gasteiger charge is 2.43. The molecule has 0 aliphatic carbocycles. The van der Waals surface area contributed by atoms with Gasteiger partial charge in [0, 0.05) is 12.6 Å². The van der Waals surface area contributed by atoms with Crippen LogP contribution in [0.1, 0.15) is 75.7 Å². The Morgan fingerprint density at radius 3 is 2.40 bits per heavy atom. The molecular weight excluding hydrogens is 628 g/mol. The summed E-state index contributed by atoms with van der Waals surface area (Å²) in [5, 5.41) is 2.54. The van der Waals surface area contributed by atoms with Gasteiger partial charge in [-0.15, -0.1) is 0 Å². The van der Waals surface area contributed by atoms with Crippen molar-refractivity contribution < 1.29 is 41.6 Å². The smallest absolute Gasteiger partial charge is 0.328 e. The second kappa shape index (κ2) is 15.9. The Morgan fingerprint density at radius 1 is 1.04 bits per heavy atom. The molecule has 1 aromatic heterocycles. The minimum atomic E-state index is -4.65. The van der Waals surface area contributed by atoms with Gasteiger partial charge in [0.15, 0.2) is 5.82 Å². The van der Waals surface area contributed by atoms with Crippen molar-refractivity contribution in [2.24, 2.45) is 0 Å². The number of carbonyl (C=O) groups excluding carboxylic acids is 3. The summed E-state index contributed by atoms with van der Waals surface area (Å²) >= 11 is 0. The molecule has 3 atom stereocenters. The number of unbranched alkanes of at least 4 members (excludes halogenated alkanes) is 3. The lowest BCUT2D eigenvalue weighted by Crippen LogP contribution is -2.44. The van der Waals surface area contributed by atoms with Crippen LogP contribution in [0.15, 0.2) is 66.0 Å². The van der Waals surface area contributed by atoms with Gasteiger partial charge in [0.25, 0.3) is 16.0 Å². The largest absolute Gasteiger partial charge is 0.491 e. The van der Waals surface area contributed by atoms with E-state index in [0.717, 1.165) is 31.7 Å². The van der Waals surface area contributed by atoms with Crippen LogP contribution in [0.2, 0.25) is 0 Å². The molecule has 0 bridgehead atoms. The number of nitrogens with zero attached hydrogens (tertiary/aromatic N) is 3. The van der Waals surface area contributed by atoms with E-state index in [4.69, 9.17) is 14.2 Å². The van der Waals surface area contributed by atoms with E-state index in [2.05, 4.69) is 17.2 Å². The number of carbonyl (C=O) groups is 3. The molecule has 14 heteroatoms. The van der Waals surface area contributed by atoms with Gasteiger partial charge < -0.3 is 29.0 Å². The summed E-state index contributed by atoms with van der Waals surface area (Å²) < 4.78 is 51.6. The van der Waals surface area contributed by atoms with E-state index in [-0.39, 0.29) is 36.4 Å². The number of imidazole rings is 1. The molecule has 2 aromatic carbocycles. The molecular formula is C33H42N4O9S. The Morgan fingerprint density at radius 2 is 1.74 bits per heavy atom. The average Bonchev–Trinajstić information content (AvgIpc) is 3.68. The van der Waals surface area contributed by atoms with Crippen molar-refractivity contribution in [3.05, 3.63) is 66.6 Å². The highest BCUT2D eigenvalue weighted by Crippen LogP contribution is 2.30. The van der Waals surface area contributed by atoms with E-state index in [0.29, 0.717) is 17.9 Å². The molecule has 0 saturated carbocycles. The number of aromatic nitrogens is 2. The third kappa shape index (κ3) is 9.32. The zero-order valence-electron chi connectivity index (χ0n) is 27.0. The summed E-state index contributed by atoms with van der Waals surface area (Å²) in [5.41, 5.74) is -0.261. The number of rotatable bonds is 15. The lowest BCUT2D eigenvalue weighted by atomic mass is 10.1. The molecule has 2 N–H and O–H groups in total. The van der Waals surface area contributed by atoms with Crippen molar-refractivity contribution in [1.29, 1.82) is 0 Å². The van der Waals surface area contributed by atoms with Crippen molar-refractivity contribution >= 4 is 33.7 Å². The van der Waals surface area contributed by atoms with Crippen LogP contribution in [0.25, 0.3) is 0 Å². The van der Waals surface area contributed by atoms with E-state index in [1.165, 1.54) is 42.7 Å². The molecule has 1 aliphatic rings. The maximum Gasteiger partial charge on any atom is 0.328 e. The summed E-state index contributed by atoms with van der Waals surface area (Å²) in [6.45, 7) is 6.11. The van der Waals surface area contributed by atoms with E-state index >= 15 is 0 Å². The quantitative estimate of drug-likeness (QED) is 0.129.